The van der Waals surface area contributed by atoms with Crippen LogP contribution in [0.4, 0.5) is 0 Å². The third-order valence-corrected chi connectivity index (χ3v) is 9.55. The molecular weight excluding hydrogens is 438 g/mol. The number of hydrogen-bond donors (Lipinski definition) is 0. The van der Waals surface area contributed by atoms with E-state index in [1.807, 2.05) is 0 Å². The van der Waals surface area contributed by atoms with Crippen molar-refractivity contribution in [1.29, 1.82) is 0 Å². The Balaban J connectivity index is 1.33. The number of piperazine rings is 1. The molecule has 0 N–H and O–H groups in total. The van der Waals surface area contributed by atoms with Crippen molar-refractivity contribution in [3.63, 3.8) is 0 Å². The summed E-state index contributed by atoms with van der Waals surface area (Å²) >= 11 is 0. The van der Waals surface area contributed by atoms with Crippen molar-refractivity contribution >= 4 is 5.91 Å². The smallest absolute Gasteiger partial charge is 0.240 e. The molecule has 1 unspecified atom stereocenters. The lowest BCUT2D eigenvalue weighted by molar-refractivity contribution is -0.147. The second-order valence-electron chi connectivity index (χ2n) is 13.3. The maximum absolute atomic E-state index is 13.8. The van der Waals surface area contributed by atoms with E-state index in [9.17, 15) is 4.79 Å². The van der Waals surface area contributed by atoms with Crippen LogP contribution in [0.3, 0.4) is 0 Å². The molecule has 1 amide bonds. The van der Waals surface area contributed by atoms with E-state index in [1.54, 1.807) is 0 Å². The van der Waals surface area contributed by atoms with Gasteiger partial charge in [0, 0.05) is 75.0 Å². The molecule has 4 aliphatic heterocycles. The van der Waals surface area contributed by atoms with Gasteiger partial charge in [0.15, 0.2) is 0 Å². The van der Waals surface area contributed by atoms with Crippen LogP contribution in [-0.2, 0) is 9.53 Å². The highest BCUT2D eigenvalue weighted by molar-refractivity contribution is 5.83. The molecule has 7 nitrogen and oxygen atoms in total. The molecule has 0 saturated carbocycles. The minimum absolute atomic E-state index is 0.00335. The van der Waals surface area contributed by atoms with E-state index in [0.717, 1.165) is 78.3 Å². The Labute approximate surface area is 215 Å². The van der Waals surface area contributed by atoms with E-state index in [0.29, 0.717) is 24.0 Å². The molecule has 35 heavy (non-hydrogen) atoms. The first kappa shape index (κ1) is 27.3. The Bertz CT molecular complexity index is 707. The summed E-state index contributed by atoms with van der Waals surface area (Å²) in [5.74, 6) is 0.373. The Hall–Kier alpha value is -0.730. The minimum atomic E-state index is -0.00335. The van der Waals surface area contributed by atoms with Gasteiger partial charge in [0.05, 0.1) is 19.3 Å². The summed E-state index contributed by atoms with van der Waals surface area (Å²) in [6.45, 7) is 23.1. The van der Waals surface area contributed by atoms with Crippen molar-refractivity contribution < 1.29 is 9.53 Å². The van der Waals surface area contributed by atoms with E-state index in [-0.39, 0.29) is 17.1 Å². The molecular formula is C28H53N5O2. The monoisotopic (exact) mass is 491 g/mol. The first-order valence-corrected chi connectivity index (χ1v) is 14.3. The lowest BCUT2D eigenvalue weighted by atomic mass is 9.87. The summed E-state index contributed by atoms with van der Waals surface area (Å²) in [6.07, 6.45) is 5.58. The molecule has 202 valence electrons. The first-order chi connectivity index (χ1) is 16.5. The van der Waals surface area contributed by atoms with Crippen LogP contribution in [0, 0.1) is 0 Å². The summed E-state index contributed by atoms with van der Waals surface area (Å²) in [4.78, 5) is 26.3. The van der Waals surface area contributed by atoms with Gasteiger partial charge in [-0.3, -0.25) is 24.4 Å². The van der Waals surface area contributed by atoms with Crippen LogP contribution in [0.1, 0.15) is 73.6 Å². The topological polar surface area (TPSA) is 42.5 Å². The van der Waals surface area contributed by atoms with Crippen molar-refractivity contribution in [1.82, 2.24) is 24.5 Å². The first-order valence-electron chi connectivity index (χ1n) is 14.3. The summed E-state index contributed by atoms with van der Waals surface area (Å²) in [5, 5.41) is 0. The summed E-state index contributed by atoms with van der Waals surface area (Å²) in [6, 6.07) is 1.61. The van der Waals surface area contributed by atoms with Gasteiger partial charge in [-0.05, 0) is 80.7 Å². The zero-order valence-electron chi connectivity index (χ0n) is 23.8. The van der Waals surface area contributed by atoms with E-state index >= 15 is 0 Å². The van der Waals surface area contributed by atoms with Gasteiger partial charge in [-0.2, -0.15) is 0 Å². The molecule has 4 aliphatic rings. The summed E-state index contributed by atoms with van der Waals surface area (Å²) in [7, 11) is 2.16. The highest BCUT2D eigenvalue weighted by atomic mass is 16.5. The lowest BCUT2D eigenvalue weighted by Gasteiger charge is -2.51. The Morgan fingerprint density at radius 2 is 1.43 bits per heavy atom. The number of likely N-dealkylation sites (tertiary alicyclic amines) is 2. The average molecular weight is 492 g/mol. The van der Waals surface area contributed by atoms with Crippen LogP contribution in [0.5, 0.6) is 0 Å². The van der Waals surface area contributed by atoms with Crippen molar-refractivity contribution in [2.75, 3.05) is 66.1 Å². The van der Waals surface area contributed by atoms with E-state index in [2.05, 4.69) is 73.1 Å². The molecule has 4 rings (SSSR count). The maximum atomic E-state index is 13.8. The summed E-state index contributed by atoms with van der Waals surface area (Å²) in [5.41, 5.74) is 0.242. The highest BCUT2D eigenvalue weighted by Crippen LogP contribution is 2.32. The van der Waals surface area contributed by atoms with Crippen LogP contribution in [0.2, 0.25) is 0 Å². The number of piperidine rings is 2. The van der Waals surface area contributed by atoms with Crippen molar-refractivity contribution in [2.24, 2.45) is 0 Å². The maximum Gasteiger partial charge on any atom is 0.240 e. The number of rotatable bonds is 5. The minimum Gasteiger partial charge on any atom is -0.379 e. The van der Waals surface area contributed by atoms with Crippen LogP contribution >= 0.6 is 0 Å². The van der Waals surface area contributed by atoms with Crippen molar-refractivity contribution in [3.8, 4) is 0 Å². The fourth-order valence-electron chi connectivity index (χ4n) is 7.05. The molecule has 0 aromatic heterocycles. The van der Waals surface area contributed by atoms with E-state index < -0.39 is 0 Å². The Morgan fingerprint density at radius 1 is 0.829 bits per heavy atom. The number of amides is 1. The highest BCUT2D eigenvalue weighted by Gasteiger charge is 2.43. The Morgan fingerprint density at radius 3 is 2.03 bits per heavy atom. The number of hydrogen-bond acceptors (Lipinski definition) is 6. The van der Waals surface area contributed by atoms with E-state index in [1.165, 1.54) is 12.8 Å². The SMILES string of the molecule is C[C@@H]1COCCN1C1CCN(C(C)(C)CC2C(=O)N(C3CCN(C(C)(C)C)CC3)CCN2C)CC1. The summed E-state index contributed by atoms with van der Waals surface area (Å²) < 4.78 is 5.66. The third-order valence-electron chi connectivity index (χ3n) is 9.55. The zero-order chi connectivity index (χ0) is 25.4. The normalized spacial score (nSPS) is 30.8. The molecule has 4 saturated heterocycles. The molecule has 0 aromatic rings. The van der Waals surface area contributed by atoms with Crippen LogP contribution in [0.15, 0.2) is 0 Å². The molecule has 7 heteroatoms. The van der Waals surface area contributed by atoms with Crippen LogP contribution in [-0.4, -0.2) is 132 Å². The Kier molecular flexibility index (Phi) is 8.54. The number of carbonyl (C=O) groups is 1. The van der Waals surface area contributed by atoms with Gasteiger partial charge in [-0.25, -0.2) is 0 Å². The van der Waals surface area contributed by atoms with Gasteiger partial charge in [0.25, 0.3) is 0 Å². The van der Waals surface area contributed by atoms with Gasteiger partial charge in [-0.1, -0.05) is 0 Å². The second-order valence-corrected chi connectivity index (χ2v) is 13.3. The van der Waals surface area contributed by atoms with Gasteiger partial charge >= 0.3 is 0 Å². The van der Waals surface area contributed by atoms with E-state index in [4.69, 9.17) is 4.74 Å². The number of ether oxygens (including phenoxy) is 1. The average Bonchev–Trinajstić information content (AvgIpc) is 2.82. The molecule has 0 aliphatic carbocycles. The number of carbonyl (C=O) groups excluding carboxylic acids is 1. The van der Waals surface area contributed by atoms with Crippen LogP contribution < -0.4 is 0 Å². The number of likely N-dealkylation sites (N-methyl/N-ethyl adjacent to an activating group) is 1. The lowest BCUT2D eigenvalue weighted by Crippen LogP contribution is -2.63. The number of morpholine rings is 1. The van der Waals surface area contributed by atoms with Gasteiger partial charge in [-0.15, -0.1) is 0 Å². The van der Waals surface area contributed by atoms with Gasteiger partial charge in [0.2, 0.25) is 5.91 Å². The van der Waals surface area contributed by atoms with Gasteiger partial charge in [0.1, 0.15) is 0 Å². The van der Waals surface area contributed by atoms with Gasteiger partial charge < -0.3 is 9.64 Å². The fraction of sp³-hybridized carbons (Fsp3) is 0.964. The molecule has 0 radical (unpaired) electrons. The zero-order valence-corrected chi connectivity index (χ0v) is 23.8. The standard InChI is InChI=1S/C28H53N5O2/c1-22-21-35-19-18-32(22)23-10-14-31(15-11-23)28(5,6)20-25-26(34)33(17-16-29(25)7)24-8-12-30(13-9-24)27(2,3)4/h22-25H,8-21H2,1-7H3/t22-,25?/m1/s1. The third kappa shape index (κ3) is 6.23. The van der Waals surface area contributed by atoms with Crippen molar-refractivity contribution in [2.45, 2.75) is 109 Å². The largest absolute Gasteiger partial charge is 0.379 e. The fourth-order valence-corrected chi connectivity index (χ4v) is 7.05. The van der Waals surface area contributed by atoms with Crippen molar-refractivity contribution in [3.05, 3.63) is 0 Å². The molecule has 2 atom stereocenters. The molecule has 0 aromatic carbocycles. The predicted molar refractivity (Wildman–Crippen MR) is 143 cm³/mol. The van der Waals surface area contributed by atoms with Crippen LogP contribution in [0.25, 0.3) is 0 Å². The quantitative estimate of drug-likeness (QED) is 0.589. The predicted octanol–water partition coefficient (Wildman–Crippen LogP) is 2.75. The molecule has 0 bridgehead atoms. The number of nitrogens with zero attached hydrogens (tertiary/aromatic N) is 5. The molecule has 4 fully saturated rings. The molecule has 4 heterocycles. The second kappa shape index (κ2) is 10.9. The molecule has 0 spiro atoms.